The van der Waals surface area contributed by atoms with Gasteiger partial charge in [-0.2, -0.15) is 4.31 Å². The summed E-state index contributed by atoms with van der Waals surface area (Å²) in [6.07, 6.45) is 0. The van der Waals surface area contributed by atoms with Crippen LogP contribution in [0.3, 0.4) is 0 Å². The Hall–Kier alpha value is -0.660. The Morgan fingerprint density at radius 2 is 2.00 bits per heavy atom. The summed E-state index contributed by atoms with van der Waals surface area (Å²) in [5.41, 5.74) is 5.28. The number of benzene rings is 1. The van der Waals surface area contributed by atoms with E-state index in [-0.39, 0.29) is 18.0 Å². The predicted octanol–water partition coefficient (Wildman–Crippen LogP) is 1.19. The molecule has 0 unspecified atom stereocenters. The maximum Gasteiger partial charge on any atom is 0.243 e. The van der Waals surface area contributed by atoms with Crippen LogP contribution in [0.15, 0.2) is 23.1 Å². The normalized spacial score (nSPS) is 13.0. The second-order valence-corrected chi connectivity index (χ2v) is 7.28. The highest BCUT2D eigenvalue weighted by Gasteiger charge is 2.33. The third-order valence-corrected chi connectivity index (χ3v) is 5.56. The molecule has 5 nitrogen and oxygen atoms in total. The van der Waals surface area contributed by atoms with Gasteiger partial charge in [-0.1, -0.05) is 17.7 Å². The van der Waals surface area contributed by atoms with E-state index < -0.39 is 15.6 Å². The number of nitrogens with two attached hydrogens (primary N) is 1. The second-order valence-electron chi connectivity index (χ2n) is 4.90. The zero-order valence-corrected chi connectivity index (χ0v) is 12.8. The maximum absolute atomic E-state index is 12.4. The zero-order chi connectivity index (χ0) is 14.8. The van der Waals surface area contributed by atoms with Gasteiger partial charge in [0.2, 0.25) is 10.0 Å². The lowest BCUT2D eigenvalue weighted by Crippen LogP contribution is -2.47. The first-order valence-corrected chi connectivity index (χ1v) is 7.57. The fraction of sp³-hybridized carbons (Fsp3) is 0.500. The van der Waals surface area contributed by atoms with Crippen LogP contribution in [0.5, 0.6) is 0 Å². The van der Waals surface area contributed by atoms with E-state index in [1.165, 1.54) is 19.2 Å². The molecule has 0 heterocycles. The van der Waals surface area contributed by atoms with Gasteiger partial charge in [0.25, 0.3) is 0 Å². The molecule has 0 radical (unpaired) electrons. The van der Waals surface area contributed by atoms with E-state index in [2.05, 4.69) is 0 Å². The molecule has 108 valence electrons. The lowest BCUT2D eigenvalue weighted by atomic mass is 10.1. The molecule has 0 saturated carbocycles. The van der Waals surface area contributed by atoms with Gasteiger partial charge in [0.1, 0.15) is 0 Å². The summed E-state index contributed by atoms with van der Waals surface area (Å²) in [7, 11) is -2.28. The SMILES string of the molecule is CN(C(C)(C)CO)S(=O)(=O)c1ccc(CN)c(Cl)c1. The molecule has 1 aromatic rings. The van der Waals surface area contributed by atoms with Crippen molar-refractivity contribution < 1.29 is 13.5 Å². The molecule has 0 fully saturated rings. The lowest BCUT2D eigenvalue weighted by molar-refractivity contribution is 0.138. The number of sulfonamides is 1. The summed E-state index contributed by atoms with van der Waals surface area (Å²) < 4.78 is 26.0. The van der Waals surface area contributed by atoms with E-state index in [0.29, 0.717) is 10.6 Å². The van der Waals surface area contributed by atoms with Crippen LogP contribution in [0.2, 0.25) is 5.02 Å². The maximum atomic E-state index is 12.4. The average Bonchev–Trinajstić information content (AvgIpc) is 2.37. The van der Waals surface area contributed by atoms with Gasteiger partial charge in [0, 0.05) is 18.6 Å². The highest BCUT2D eigenvalue weighted by Crippen LogP contribution is 2.26. The van der Waals surface area contributed by atoms with Crippen LogP contribution in [-0.4, -0.2) is 37.0 Å². The third-order valence-electron chi connectivity index (χ3n) is 3.14. The first-order valence-electron chi connectivity index (χ1n) is 5.75. The molecule has 0 spiro atoms. The van der Waals surface area contributed by atoms with Crippen LogP contribution in [0.1, 0.15) is 19.4 Å². The monoisotopic (exact) mass is 306 g/mol. The number of aliphatic hydroxyl groups excluding tert-OH is 1. The summed E-state index contributed by atoms with van der Waals surface area (Å²) >= 11 is 5.98. The third kappa shape index (κ3) is 3.27. The fourth-order valence-electron chi connectivity index (χ4n) is 1.44. The summed E-state index contributed by atoms with van der Waals surface area (Å²) in [4.78, 5) is 0.0822. The van der Waals surface area contributed by atoms with Crippen LogP contribution in [0.4, 0.5) is 0 Å². The Bertz CT molecular complexity index is 558. The lowest BCUT2D eigenvalue weighted by Gasteiger charge is -2.32. The summed E-state index contributed by atoms with van der Waals surface area (Å²) in [5.74, 6) is 0. The average molecular weight is 307 g/mol. The Kier molecular flexibility index (Phi) is 4.97. The smallest absolute Gasteiger partial charge is 0.243 e. The summed E-state index contributed by atoms with van der Waals surface area (Å²) in [5, 5.41) is 9.58. The number of nitrogens with zero attached hydrogens (tertiary/aromatic N) is 1. The molecular weight excluding hydrogens is 288 g/mol. The highest BCUT2D eigenvalue weighted by atomic mass is 35.5. The Balaban J connectivity index is 3.25. The highest BCUT2D eigenvalue weighted by molar-refractivity contribution is 7.89. The van der Waals surface area contributed by atoms with Gasteiger partial charge in [-0.15, -0.1) is 0 Å². The molecule has 1 rings (SSSR count). The minimum absolute atomic E-state index is 0.0822. The van der Waals surface area contributed by atoms with Gasteiger partial charge < -0.3 is 10.8 Å². The molecule has 0 aliphatic carbocycles. The van der Waals surface area contributed by atoms with E-state index in [4.69, 9.17) is 17.3 Å². The van der Waals surface area contributed by atoms with Gasteiger partial charge in [-0.25, -0.2) is 8.42 Å². The van der Waals surface area contributed by atoms with E-state index in [1.54, 1.807) is 19.9 Å². The van der Waals surface area contributed by atoms with Crippen LogP contribution in [0, 0.1) is 0 Å². The molecule has 0 bridgehead atoms. The van der Waals surface area contributed by atoms with Crippen molar-refractivity contribution in [1.82, 2.24) is 4.31 Å². The van der Waals surface area contributed by atoms with Gasteiger partial charge in [-0.3, -0.25) is 0 Å². The van der Waals surface area contributed by atoms with Crippen molar-refractivity contribution in [3.8, 4) is 0 Å². The first kappa shape index (κ1) is 16.4. The van der Waals surface area contributed by atoms with Crippen molar-refractivity contribution in [2.45, 2.75) is 30.8 Å². The molecule has 0 saturated heterocycles. The Labute approximate surface area is 119 Å². The van der Waals surface area contributed by atoms with E-state index in [1.807, 2.05) is 0 Å². The summed E-state index contributed by atoms with van der Waals surface area (Å²) in [6, 6.07) is 4.44. The Morgan fingerprint density at radius 3 is 2.42 bits per heavy atom. The number of aliphatic hydroxyl groups is 1. The zero-order valence-electron chi connectivity index (χ0n) is 11.2. The van der Waals surface area contributed by atoms with Crippen molar-refractivity contribution in [3.63, 3.8) is 0 Å². The van der Waals surface area contributed by atoms with Crippen LogP contribution in [0.25, 0.3) is 0 Å². The van der Waals surface area contributed by atoms with E-state index in [0.717, 1.165) is 4.31 Å². The first-order chi connectivity index (χ1) is 8.66. The number of hydrogen-bond donors (Lipinski definition) is 2. The predicted molar refractivity (Wildman–Crippen MR) is 75.5 cm³/mol. The number of halogens is 1. The standard InChI is InChI=1S/C12H19ClN2O3S/c1-12(2,8-16)15(3)19(17,18)10-5-4-9(7-14)11(13)6-10/h4-6,16H,7-8,14H2,1-3H3. The number of hydrogen-bond acceptors (Lipinski definition) is 4. The largest absolute Gasteiger partial charge is 0.394 e. The van der Waals surface area contributed by atoms with Gasteiger partial charge in [0.15, 0.2) is 0 Å². The quantitative estimate of drug-likeness (QED) is 0.856. The van der Waals surface area contributed by atoms with Crippen molar-refractivity contribution >= 4 is 21.6 Å². The van der Waals surface area contributed by atoms with Crippen molar-refractivity contribution in [2.24, 2.45) is 5.73 Å². The molecule has 0 atom stereocenters. The molecule has 0 amide bonds. The molecule has 3 N–H and O–H groups in total. The van der Waals surface area contributed by atoms with Gasteiger partial charge in [-0.05, 0) is 31.5 Å². The van der Waals surface area contributed by atoms with Gasteiger partial charge >= 0.3 is 0 Å². The van der Waals surface area contributed by atoms with E-state index >= 15 is 0 Å². The molecule has 0 aliphatic heterocycles. The fourth-order valence-corrected chi connectivity index (χ4v) is 3.29. The molecule has 0 aliphatic rings. The molecular formula is C12H19ClN2O3S. The van der Waals surface area contributed by atoms with Crippen LogP contribution >= 0.6 is 11.6 Å². The molecule has 0 aromatic heterocycles. The summed E-state index contributed by atoms with van der Waals surface area (Å²) in [6.45, 7) is 3.25. The molecule has 19 heavy (non-hydrogen) atoms. The van der Waals surface area contributed by atoms with Crippen molar-refractivity contribution in [3.05, 3.63) is 28.8 Å². The second kappa shape index (κ2) is 5.76. The topological polar surface area (TPSA) is 83.6 Å². The minimum Gasteiger partial charge on any atom is -0.394 e. The number of rotatable bonds is 5. The Morgan fingerprint density at radius 1 is 1.42 bits per heavy atom. The molecule has 1 aromatic carbocycles. The van der Waals surface area contributed by atoms with Crippen LogP contribution < -0.4 is 5.73 Å². The van der Waals surface area contributed by atoms with Crippen LogP contribution in [-0.2, 0) is 16.6 Å². The number of likely N-dealkylation sites (N-methyl/N-ethyl adjacent to an activating group) is 1. The van der Waals surface area contributed by atoms with Gasteiger partial charge in [0.05, 0.1) is 17.0 Å². The van der Waals surface area contributed by atoms with Crippen molar-refractivity contribution in [1.29, 1.82) is 0 Å². The van der Waals surface area contributed by atoms with Crippen molar-refractivity contribution in [2.75, 3.05) is 13.7 Å². The van der Waals surface area contributed by atoms with E-state index in [9.17, 15) is 13.5 Å². The minimum atomic E-state index is -3.71. The molecule has 7 heteroatoms.